The van der Waals surface area contributed by atoms with E-state index < -0.39 is 14.9 Å². The van der Waals surface area contributed by atoms with Crippen molar-refractivity contribution in [2.75, 3.05) is 25.0 Å². The quantitative estimate of drug-likeness (QED) is 0.443. The van der Waals surface area contributed by atoms with Gasteiger partial charge in [0.2, 0.25) is 10.0 Å². The first-order valence-corrected chi connectivity index (χ1v) is 9.94. The van der Waals surface area contributed by atoms with Crippen LogP contribution in [0.25, 0.3) is 0 Å². The van der Waals surface area contributed by atoms with E-state index in [0.717, 1.165) is 12.8 Å². The Morgan fingerprint density at radius 2 is 1.81 bits per heavy atom. The molecule has 0 spiro atoms. The molecule has 0 aromatic heterocycles. The second-order valence-electron chi connectivity index (χ2n) is 6.22. The summed E-state index contributed by atoms with van der Waals surface area (Å²) in [5, 5.41) is 13.6. The van der Waals surface area contributed by atoms with E-state index in [2.05, 4.69) is 5.32 Å². The van der Waals surface area contributed by atoms with Gasteiger partial charge in [-0.05, 0) is 31.0 Å². The Hall–Kier alpha value is -2.78. The highest BCUT2D eigenvalue weighted by atomic mass is 32.2. The van der Waals surface area contributed by atoms with E-state index in [1.807, 2.05) is 0 Å². The summed E-state index contributed by atoms with van der Waals surface area (Å²) < 4.78 is 26.7. The number of carbonyl (C=O) groups is 1. The number of nitro benzene ring substituents is 1. The molecule has 0 saturated carbocycles. The number of rotatable bonds is 7. The third kappa shape index (κ3) is 4.32. The summed E-state index contributed by atoms with van der Waals surface area (Å²) in [6.45, 7) is 0.887. The Labute approximate surface area is 157 Å². The van der Waals surface area contributed by atoms with Crippen molar-refractivity contribution in [3.05, 3.63) is 64.2 Å². The van der Waals surface area contributed by atoms with Gasteiger partial charge in [0.15, 0.2) is 5.78 Å². The van der Waals surface area contributed by atoms with Crippen molar-refractivity contribution in [2.45, 2.75) is 17.7 Å². The maximum absolute atomic E-state index is 12.6. The van der Waals surface area contributed by atoms with Gasteiger partial charge in [-0.3, -0.25) is 14.9 Å². The van der Waals surface area contributed by atoms with Crippen LogP contribution in [-0.4, -0.2) is 43.1 Å². The summed E-state index contributed by atoms with van der Waals surface area (Å²) in [5.41, 5.74) is 0.637. The average molecular weight is 389 g/mol. The summed E-state index contributed by atoms with van der Waals surface area (Å²) in [7, 11) is -3.59. The maximum atomic E-state index is 12.6. The molecule has 1 saturated heterocycles. The van der Waals surface area contributed by atoms with Crippen molar-refractivity contribution in [3.63, 3.8) is 0 Å². The van der Waals surface area contributed by atoms with Crippen LogP contribution in [0.3, 0.4) is 0 Å². The molecule has 0 bridgehead atoms. The van der Waals surface area contributed by atoms with Crippen LogP contribution < -0.4 is 5.32 Å². The van der Waals surface area contributed by atoms with Gasteiger partial charge in [-0.2, -0.15) is 4.31 Å². The van der Waals surface area contributed by atoms with E-state index in [-0.39, 0.29) is 28.5 Å². The highest BCUT2D eigenvalue weighted by molar-refractivity contribution is 7.89. The van der Waals surface area contributed by atoms with Gasteiger partial charge in [0, 0.05) is 36.5 Å². The Morgan fingerprint density at radius 3 is 2.52 bits per heavy atom. The van der Waals surface area contributed by atoms with Crippen LogP contribution >= 0.6 is 0 Å². The van der Waals surface area contributed by atoms with Gasteiger partial charge in [0.25, 0.3) is 5.69 Å². The van der Waals surface area contributed by atoms with Crippen LogP contribution in [0.2, 0.25) is 0 Å². The predicted molar refractivity (Wildman–Crippen MR) is 100 cm³/mol. The number of carbonyl (C=O) groups excluding carboxylic acids is 1. The van der Waals surface area contributed by atoms with E-state index >= 15 is 0 Å². The van der Waals surface area contributed by atoms with Crippen molar-refractivity contribution < 1.29 is 18.1 Å². The summed E-state index contributed by atoms with van der Waals surface area (Å²) in [4.78, 5) is 22.8. The highest BCUT2D eigenvalue weighted by Crippen LogP contribution is 2.22. The van der Waals surface area contributed by atoms with Crippen molar-refractivity contribution in [2.24, 2.45) is 0 Å². The Morgan fingerprint density at radius 1 is 1.11 bits per heavy atom. The molecule has 0 unspecified atom stereocenters. The maximum Gasteiger partial charge on any atom is 0.271 e. The number of nitrogens with zero attached hydrogens (tertiary/aromatic N) is 2. The molecule has 2 aromatic carbocycles. The molecular weight excluding hydrogens is 370 g/mol. The molecule has 1 heterocycles. The van der Waals surface area contributed by atoms with E-state index in [1.165, 1.54) is 34.6 Å². The number of nitro groups is 1. The summed E-state index contributed by atoms with van der Waals surface area (Å²) in [5.74, 6) is -0.306. The van der Waals surface area contributed by atoms with Crippen molar-refractivity contribution in [1.82, 2.24) is 4.31 Å². The molecule has 2 aromatic rings. The number of ketones is 1. The number of nitrogens with one attached hydrogen (secondary N) is 1. The smallest absolute Gasteiger partial charge is 0.271 e. The Kier molecular flexibility index (Phi) is 5.52. The van der Waals surface area contributed by atoms with Crippen LogP contribution in [0.4, 0.5) is 11.4 Å². The number of benzene rings is 2. The van der Waals surface area contributed by atoms with Gasteiger partial charge in [-0.15, -0.1) is 0 Å². The zero-order valence-corrected chi connectivity index (χ0v) is 15.3. The molecular formula is C18H19N3O5S. The van der Waals surface area contributed by atoms with E-state index in [0.29, 0.717) is 18.8 Å². The standard InChI is InChI=1S/C18H19N3O5S/c22-18(13-19-15-6-4-7-16(12-15)21(23)24)14-5-3-8-17(11-14)27(25,26)20-9-1-2-10-20/h3-8,11-12,19H,1-2,9-10,13H2. The number of hydrogen-bond acceptors (Lipinski definition) is 6. The Balaban J connectivity index is 1.72. The van der Waals surface area contributed by atoms with Crippen LogP contribution in [0.1, 0.15) is 23.2 Å². The zero-order valence-electron chi connectivity index (χ0n) is 14.5. The minimum atomic E-state index is -3.59. The van der Waals surface area contributed by atoms with Crippen LogP contribution in [0.15, 0.2) is 53.4 Å². The van der Waals surface area contributed by atoms with Gasteiger partial charge in [0.05, 0.1) is 16.4 Å². The third-order valence-corrected chi connectivity index (χ3v) is 6.26. The van der Waals surface area contributed by atoms with Crippen LogP contribution in [0, 0.1) is 10.1 Å². The van der Waals surface area contributed by atoms with Crippen LogP contribution in [-0.2, 0) is 10.0 Å². The number of Topliss-reactive ketones (excluding diaryl/α,β-unsaturated/α-hetero) is 1. The summed E-state index contributed by atoms with van der Waals surface area (Å²) in [6, 6.07) is 11.8. The lowest BCUT2D eigenvalue weighted by molar-refractivity contribution is -0.384. The molecule has 27 heavy (non-hydrogen) atoms. The van der Waals surface area contributed by atoms with Gasteiger partial charge in [-0.25, -0.2) is 8.42 Å². The number of non-ortho nitro benzene ring substituents is 1. The van der Waals surface area contributed by atoms with Crippen molar-refractivity contribution in [1.29, 1.82) is 0 Å². The van der Waals surface area contributed by atoms with E-state index in [1.54, 1.807) is 18.2 Å². The number of hydrogen-bond donors (Lipinski definition) is 1. The lowest BCUT2D eigenvalue weighted by atomic mass is 10.1. The highest BCUT2D eigenvalue weighted by Gasteiger charge is 2.27. The molecule has 1 aliphatic rings. The van der Waals surface area contributed by atoms with E-state index in [4.69, 9.17) is 0 Å². The van der Waals surface area contributed by atoms with Gasteiger partial charge in [-0.1, -0.05) is 18.2 Å². The topological polar surface area (TPSA) is 110 Å². The molecule has 1 fully saturated rings. The molecule has 8 nitrogen and oxygen atoms in total. The fourth-order valence-corrected chi connectivity index (χ4v) is 4.48. The molecule has 1 N–H and O–H groups in total. The molecule has 9 heteroatoms. The third-order valence-electron chi connectivity index (χ3n) is 4.37. The monoisotopic (exact) mass is 389 g/mol. The fourth-order valence-electron chi connectivity index (χ4n) is 2.92. The average Bonchev–Trinajstić information content (AvgIpc) is 3.22. The lowest BCUT2D eigenvalue weighted by Crippen LogP contribution is -2.28. The molecule has 3 rings (SSSR count). The Bertz CT molecular complexity index is 968. The molecule has 0 amide bonds. The van der Waals surface area contributed by atoms with Crippen molar-refractivity contribution in [3.8, 4) is 0 Å². The molecule has 1 aliphatic heterocycles. The second kappa shape index (κ2) is 7.85. The molecule has 0 atom stereocenters. The molecule has 0 aliphatic carbocycles. The fraction of sp³-hybridized carbons (Fsp3) is 0.278. The normalized spacial score (nSPS) is 14.8. The first kappa shape index (κ1) is 19.0. The summed E-state index contributed by atoms with van der Waals surface area (Å²) in [6.07, 6.45) is 1.68. The van der Waals surface area contributed by atoms with Crippen molar-refractivity contribution >= 4 is 27.2 Å². The number of sulfonamides is 1. The van der Waals surface area contributed by atoms with Gasteiger partial charge in [0.1, 0.15) is 0 Å². The minimum Gasteiger partial charge on any atom is -0.377 e. The van der Waals surface area contributed by atoms with Crippen LogP contribution in [0.5, 0.6) is 0 Å². The summed E-state index contributed by atoms with van der Waals surface area (Å²) >= 11 is 0. The first-order chi connectivity index (χ1) is 12.9. The molecule has 142 valence electrons. The van der Waals surface area contributed by atoms with E-state index in [9.17, 15) is 23.3 Å². The van der Waals surface area contributed by atoms with Gasteiger partial charge >= 0.3 is 0 Å². The van der Waals surface area contributed by atoms with Gasteiger partial charge < -0.3 is 5.32 Å². The lowest BCUT2D eigenvalue weighted by Gasteiger charge is -2.16. The zero-order chi connectivity index (χ0) is 19.4. The first-order valence-electron chi connectivity index (χ1n) is 8.50. The minimum absolute atomic E-state index is 0.0776. The SMILES string of the molecule is O=C(CNc1cccc([N+](=O)[O-])c1)c1cccc(S(=O)(=O)N2CCCC2)c1. The molecule has 0 radical (unpaired) electrons. The largest absolute Gasteiger partial charge is 0.377 e. The number of anilines is 1. The predicted octanol–water partition coefficient (Wildman–Crippen LogP) is 2.67. The second-order valence-corrected chi connectivity index (χ2v) is 8.16.